The molecule has 4 nitrogen and oxygen atoms in total. The number of nitrogens with two attached hydrogens (primary N) is 1. The molecule has 0 aromatic rings. The summed E-state index contributed by atoms with van der Waals surface area (Å²) in [6.07, 6.45) is -4.26. The molecule has 102 valence electrons. The van der Waals surface area contributed by atoms with E-state index in [9.17, 15) is 13.2 Å². The monoisotopic (exact) mass is 255 g/mol. The summed E-state index contributed by atoms with van der Waals surface area (Å²) in [6, 6.07) is -1.43. The maximum absolute atomic E-state index is 12.8. The second-order valence-electron chi connectivity index (χ2n) is 4.24. The van der Waals surface area contributed by atoms with Crippen LogP contribution in [0.25, 0.3) is 0 Å². The van der Waals surface area contributed by atoms with E-state index in [0.29, 0.717) is 32.7 Å². The van der Waals surface area contributed by atoms with Crippen LogP contribution in [0.1, 0.15) is 6.42 Å². The van der Waals surface area contributed by atoms with Gasteiger partial charge < -0.3 is 10.8 Å². The summed E-state index contributed by atoms with van der Waals surface area (Å²) < 4.78 is 38.4. The highest BCUT2D eigenvalue weighted by Crippen LogP contribution is 2.27. The second kappa shape index (κ2) is 6.53. The SMILES string of the molecule is NCCC(N1CCN(CCO)CC1)C(F)(F)F. The van der Waals surface area contributed by atoms with Gasteiger partial charge in [0.25, 0.3) is 0 Å². The zero-order valence-corrected chi connectivity index (χ0v) is 9.79. The van der Waals surface area contributed by atoms with E-state index in [-0.39, 0.29) is 19.6 Å². The predicted molar refractivity (Wildman–Crippen MR) is 58.6 cm³/mol. The Morgan fingerprint density at radius 3 is 2.18 bits per heavy atom. The molecule has 17 heavy (non-hydrogen) atoms. The summed E-state index contributed by atoms with van der Waals surface area (Å²) in [5.41, 5.74) is 5.24. The number of rotatable bonds is 5. The molecule has 1 rings (SSSR count). The molecule has 1 fully saturated rings. The van der Waals surface area contributed by atoms with Crippen LogP contribution < -0.4 is 5.73 Å². The fourth-order valence-electron chi connectivity index (χ4n) is 2.15. The average Bonchev–Trinajstić information content (AvgIpc) is 2.26. The molecule has 1 atom stereocenters. The lowest BCUT2D eigenvalue weighted by Crippen LogP contribution is -2.55. The van der Waals surface area contributed by atoms with Crippen molar-refractivity contribution in [2.45, 2.75) is 18.6 Å². The van der Waals surface area contributed by atoms with Crippen molar-refractivity contribution in [2.75, 3.05) is 45.9 Å². The van der Waals surface area contributed by atoms with Crippen molar-refractivity contribution in [3.8, 4) is 0 Å². The first kappa shape index (κ1) is 14.7. The number of aliphatic hydroxyl groups excluding tert-OH is 1. The highest BCUT2D eigenvalue weighted by Gasteiger charge is 2.43. The molecule has 0 aliphatic carbocycles. The first-order valence-electron chi connectivity index (χ1n) is 5.83. The lowest BCUT2D eigenvalue weighted by atomic mass is 10.1. The van der Waals surface area contributed by atoms with Crippen molar-refractivity contribution >= 4 is 0 Å². The Morgan fingerprint density at radius 1 is 1.18 bits per heavy atom. The molecule has 1 aliphatic heterocycles. The largest absolute Gasteiger partial charge is 0.404 e. The van der Waals surface area contributed by atoms with Gasteiger partial charge in [-0.2, -0.15) is 13.2 Å². The highest BCUT2D eigenvalue weighted by atomic mass is 19.4. The van der Waals surface area contributed by atoms with Gasteiger partial charge in [-0.25, -0.2) is 0 Å². The van der Waals surface area contributed by atoms with E-state index in [1.165, 1.54) is 4.90 Å². The standard InChI is InChI=1S/C10H20F3N3O/c11-10(12,13)9(1-2-14)16-5-3-15(4-6-16)7-8-17/h9,17H,1-8,14H2. The third-order valence-corrected chi connectivity index (χ3v) is 3.08. The van der Waals surface area contributed by atoms with E-state index in [0.717, 1.165) is 0 Å². The summed E-state index contributed by atoms with van der Waals surface area (Å²) in [5, 5.41) is 8.76. The van der Waals surface area contributed by atoms with Crippen LogP contribution in [0.5, 0.6) is 0 Å². The van der Waals surface area contributed by atoms with Crippen molar-refractivity contribution in [2.24, 2.45) is 5.73 Å². The zero-order valence-electron chi connectivity index (χ0n) is 9.79. The molecule has 0 radical (unpaired) electrons. The van der Waals surface area contributed by atoms with Crippen molar-refractivity contribution in [3.63, 3.8) is 0 Å². The van der Waals surface area contributed by atoms with E-state index in [4.69, 9.17) is 10.8 Å². The summed E-state index contributed by atoms with van der Waals surface area (Å²) in [5.74, 6) is 0. The molecule has 0 aromatic heterocycles. The van der Waals surface area contributed by atoms with E-state index in [1.54, 1.807) is 0 Å². The Balaban J connectivity index is 2.49. The van der Waals surface area contributed by atoms with Gasteiger partial charge in [0.1, 0.15) is 6.04 Å². The van der Waals surface area contributed by atoms with Crippen LogP contribution in [0.3, 0.4) is 0 Å². The van der Waals surface area contributed by atoms with Crippen LogP contribution in [0, 0.1) is 0 Å². The number of halogens is 3. The number of hydrogen-bond acceptors (Lipinski definition) is 4. The van der Waals surface area contributed by atoms with Crippen LogP contribution in [-0.2, 0) is 0 Å². The number of nitrogens with zero attached hydrogens (tertiary/aromatic N) is 2. The third kappa shape index (κ3) is 4.42. The first-order valence-corrected chi connectivity index (χ1v) is 5.83. The van der Waals surface area contributed by atoms with Crippen LogP contribution in [-0.4, -0.2) is 73.0 Å². The van der Waals surface area contributed by atoms with Crippen LogP contribution >= 0.6 is 0 Å². The molecule has 3 N–H and O–H groups in total. The van der Waals surface area contributed by atoms with Gasteiger partial charge in [-0.3, -0.25) is 9.80 Å². The smallest absolute Gasteiger partial charge is 0.395 e. The highest BCUT2D eigenvalue weighted by molar-refractivity contribution is 4.83. The number of hydrogen-bond donors (Lipinski definition) is 2. The maximum Gasteiger partial charge on any atom is 0.404 e. The van der Waals surface area contributed by atoms with Crippen molar-refractivity contribution < 1.29 is 18.3 Å². The number of aliphatic hydroxyl groups is 1. The molecule has 0 spiro atoms. The van der Waals surface area contributed by atoms with Crippen molar-refractivity contribution in [1.29, 1.82) is 0 Å². The lowest BCUT2D eigenvalue weighted by Gasteiger charge is -2.39. The van der Waals surface area contributed by atoms with Crippen molar-refractivity contribution in [1.82, 2.24) is 9.80 Å². The van der Waals surface area contributed by atoms with Crippen molar-refractivity contribution in [3.05, 3.63) is 0 Å². The first-order chi connectivity index (χ1) is 7.99. The summed E-state index contributed by atoms with van der Waals surface area (Å²) in [6.45, 7) is 2.51. The Morgan fingerprint density at radius 2 is 1.76 bits per heavy atom. The average molecular weight is 255 g/mol. The van der Waals surface area contributed by atoms with Gasteiger partial charge in [0.2, 0.25) is 0 Å². The Bertz CT molecular complexity index is 217. The number of alkyl halides is 3. The van der Waals surface area contributed by atoms with Gasteiger partial charge in [-0.15, -0.1) is 0 Å². The quantitative estimate of drug-likeness (QED) is 0.719. The Kier molecular flexibility index (Phi) is 5.64. The summed E-state index contributed by atoms with van der Waals surface area (Å²) in [7, 11) is 0. The van der Waals surface area contributed by atoms with Crippen LogP contribution in [0.15, 0.2) is 0 Å². The van der Waals surface area contributed by atoms with E-state index < -0.39 is 12.2 Å². The minimum Gasteiger partial charge on any atom is -0.395 e. The molecule has 0 saturated carbocycles. The van der Waals surface area contributed by atoms with Gasteiger partial charge in [-0.05, 0) is 13.0 Å². The minimum absolute atomic E-state index is 0.0427. The molecule has 1 unspecified atom stereocenters. The van der Waals surface area contributed by atoms with Gasteiger partial charge in [0, 0.05) is 32.7 Å². The van der Waals surface area contributed by atoms with Crippen LogP contribution in [0.4, 0.5) is 13.2 Å². The van der Waals surface area contributed by atoms with Gasteiger partial charge in [0.15, 0.2) is 0 Å². The summed E-state index contributed by atoms with van der Waals surface area (Å²) >= 11 is 0. The zero-order chi connectivity index (χ0) is 12.9. The molecular weight excluding hydrogens is 235 g/mol. The van der Waals surface area contributed by atoms with Gasteiger partial charge in [-0.1, -0.05) is 0 Å². The van der Waals surface area contributed by atoms with Gasteiger partial charge >= 0.3 is 6.18 Å². The van der Waals surface area contributed by atoms with E-state index in [1.807, 2.05) is 4.90 Å². The Hall–Kier alpha value is -0.370. The fourth-order valence-corrected chi connectivity index (χ4v) is 2.15. The predicted octanol–water partition coefficient (Wildman–Crippen LogP) is -0.124. The third-order valence-electron chi connectivity index (χ3n) is 3.08. The Labute approximate surface area is 99.2 Å². The maximum atomic E-state index is 12.8. The topological polar surface area (TPSA) is 52.7 Å². The van der Waals surface area contributed by atoms with Gasteiger partial charge in [0.05, 0.1) is 6.61 Å². The molecule has 1 saturated heterocycles. The molecule has 1 heterocycles. The van der Waals surface area contributed by atoms with E-state index >= 15 is 0 Å². The molecule has 0 aromatic carbocycles. The summed E-state index contributed by atoms with van der Waals surface area (Å²) in [4.78, 5) is 3.41. The number of β-amino-alcohol motifs (C(OH)–C–C–N with tert-alkyl or cyclic N) is 1. The van der Waals surface area contributed by atoms with Crippen LogP contribution in [0.2, 0.25) is 0 Å². The van der Waals surface area contributed by atoms with E-state index in [2.05, 4.69) is 0 Å². The molecule has 1 aliphatic rings. The molecule has 0 amide bonds. The second-order valence-corrected chi connectivity index (χ2v) is 4.24. The molecule has 7 heteroatoms. The fraction of sp³-hybridized carbons (Fsp3) is 1.00. The normalized spacial score (nSPS) is 21.7. The molecule has 0 bridgehead atoms. The minimum atomic E-state index is -4.21. The lowest BCUT2D eigenvalue weighted by molar-refractivity contribution is -0.188. The number of piperazine rings is 1. The molecular formula is C10H20F3N3O.